The SMILES string of the molecule is CC(N)=N/N=C/c1ccc(/C=N/N=C(N)N)s1. The Morgan fingerprint density at radius 1 is 1.06 bits per heavy atom. The molecule has 0 aromatic carbocycles. The number of amidine groups is 1. The van der Waals surface area contributed by atoms with Crippen LogP contribution in [0.3, 0.4) is 0 Å². The van der Waals surface area contributed by atoms with Crippen molar-refractivity contribution in [2.45, 2.75) is 6.92 Å². The number of nitrogens with two attached hydrogens (primary N) is 3. The van der Waals surface area contributed by atoms with E-state index >= 15 is 0 Å². The summed E-state index contributed by atoms with van der Waals surface area (Å²) in [5, 5.41) is 14.7. The molecule has 7 nitrogen and oxygen atoms in total. The number of hydrogen-bond donors (Lipinski definition) is 3. The van der Waals surface area contributed by atoms with Crippen LogP contribution < -0.4 is 17.2 Å². The van der Waals surface area contributed by atoms with Gasteiger partial charge in [-0.25, -0.2) is 0 Å². The summed E-state index contributed by atoms with van der Waals surface area (Å²) in [7, 11) is 0. The number of nitrogens with zero attached hydrogens (tertiary/aromatic N) is 4. The Morgan fingerprint density at radius 2 is 1.59 bits per heavy atom. The van der Waals surface area contributed by atoms with Crippen LogP contribution in [0.4, 0.5) is 0 Å². The van der Waals surface area contributed by atoms with Crippen molar-refractivity contribution in [3.63, 3.8) is 0 Å². The topological polar surface area (TPSA) is 127 Å². The Balaban J connectivity index is 2.66. The molecule has 6 N–H and O–H groups in total. The predicted molar refractivity (Wildman–Crippen MR) is 72.6 cm³/mol. The summed E-state index contributed by atoms with van der Waals surface area (Å²) in [4.78, 5) is 1.84. The molecule has 1 aromatic rings. The van der Waals surface area contributed by atoms with Gasteiger partial charge in [-0.1, -0.05) is 0 Å². The van der Waals surface area contributed by atoms with E-state index in [4.69, 9.17) is 17.2 Å². The Morgan fingerprint density at radius 3 is 2.06 bits per heavy atom. The van der Waals surface area contributed by atoms with Gasteiger partial charge in [0.05, 0.1) is 12.4 Å². The van der Waals surface area contributed by atoms with Crippen LogP contribution in [0.25, 0.3) is 0 Å². The Bertz CT molecular complexity index is 433. The molecule has 0 amide bonds. The van der Waals surface area contributed by atoms with Crippen molar-refractivity contribution in [1.29, 1.82) is 0 Å². The van der Waals surface area contributed by atoms with Gasteiger partial charge in [0.25, 0.3) is 0 Å². The Kier molecular flexibility index (Phi) is 4.82. The first-order valence-corrected chi connectivity index (χ1v) is 5.44. The van der Waals surface area contributed by atoms with Crippen molar-refractivity contribution in [2.24, 2.45) is 37.6 Å². The van der Waals surface area contributed by atoms with E-state index in [9.17, 15) is 0 Å². The molecule has 0 unspecified atom stereocenters. The van der Waals surface area contributed by atoms with Gasteiger partial charge in [-0.2, -0.15) is 10.2 Å². The number of guanidine groups is 1. The number of hydrogen-bond acceptors (Lipinski definition) is 5. The van der Waals surface area contributed by atoms with Crippen LogP contribution in [-0.4, -0.2) is 24.2 Å². The summed E-state index contributed by atoms with van der Waals surface area (Å²) in [5.74, 6) is 0.333. The van der Waals surface area contributed by atoms with Crippen molar-refractivity contribution in [3.8, 4) is 0 Å². The Hall–Kier alpha value is -2.22. The maximum atomic E-state index is 5.34. The first kappa shape index (κ1) is 12.8. The van der Waals surface area contributed by atoms with Gasteiger partial charge in [-0.3, -0.25) is 0 Å². The van der Waals surface area contributed by atoms with Crippen LogP contribution >= 0.6 is 11.3 Å². The molecule has 0 bridgehead atoms. The zero-order valence-electron chi connectivity index (χ0n) is 9.24. The van der Waals surface area contributed by atoms with E-state index in [0.29, 0.717) is 5.84 Å². The Labute approximate surface area is 102 Å². The molecule has 0 aliphatic carbocycles. The van der Waals surface area contributed by atoms with Crippen LogP contribution in [0.1, 0.15) is 16.7 Å². The minimum atomic E-state index is -0.0765. The average molecular weight is 251 g/mol. The van der Waals surface area contributed by atoms with Crippen molar-refractivity contribution < 1.29 is 0 Å². The van der Waals surface area contributed by atoms with Gasteiger partial charge in [0, 0.05) is 9.75 Å². The van der Waals surface area contributed by atoms with E-state index in [1.807, 2.05) is 12.1 Å². The van der Waals surface area contributed by atoms with E-state index in [1.54, 1.807) is 19.4 Å². The summed E-state index contributed by atoms with van der Waals surface area (Å²) in [6.07, 6.45) is 3.16. The second-order valence-corrected chi connectivity index (χ2v) is 4.14. The monoisotopic (exact) mass is 251 g/mol. The molecular formula is C9H13N7S. The lowest BCUT2D eigenvalue weighted by Gasteiger charge is -1.84. The van der Waals surface area contributed by atoms with E-state index in [-0.39, 0.29) is 5.96 Å². The van der Waals surface area contributed by atoms with Gasteiger partial charge < -0.3 is 17.2 Å². The molecule has 90 valence electrons. The lowest BCUT2D eigenvalue weighted by atomic mass is 10.4. The van der Waals surface area contributed by atoms with Crippen LogP contribution in [0.5, 0.6) is 0 Å². The predicted octanol–water partition coefficient (Wildman–Crippen LogP) is 0.0664. The summed E-state index contributed by atoms with van der Waals surface area (Å²) in [5.41, 5.74) is 15.6. The van der Waals surface area contributed by atoms with Crippen molar-refractivity contribution in [3.05, 3.63) is 21.9 Å². The maximum absolute atomic E-state index is 5.34. The highest BCUT2D eigenvalue weighted by Gasteiger charge is 1.94. The summed E-state index contributed by atoms with van der Waals surface area (Å²) in [6.45, 7) is 1.67. The largest absolute Gasteiger partial charge is 0.386 e. The molecule has 0 atom stereocenters. The van der Waals surface area contributed by atoms with Gasteiger partial charge in [0.1, 0.15) is 5.84 Å². The third kappa shape index (κ3) is 5.42. The minimum Gasteiger partial charge on any atom is -0.386 e. The normalized spacial score (nSPS) is 12.4. The minimum absolute atomic E-state index is 0.0765. The lowest BCUT2D eigenvalue weighted by Crippen LogP contribution is -2.21. The van der Waals surface area contributed by atoms with E-state index < -0.39 is 0 Å². The molecule has 0 fully saturated rings. The molecule has 8 heteroatoms. The van der Waals surface area contributed by atoms with Crippen molar-refractivity contribution in [2.75, 3.05) is 0 Å². The summed E-state index contributed by atoms with van der Waals surface area (Å²) in [6, 6.07) is 3.75. The van der Waals surface area contributed by atoms with Crippen LogP contribution in [0.15, 0.2) is 32.5 Å². The van der Waals surface area contributed by atoms with Crippen molar-refractivity contribution >= 4 is 35.6 Å². The number of thiophene rings is 1. The van der Waals surface area contributed by atoms with Gasteiger partial charge in [-0.15, -0.1) is 21.5 Å². The highest BCUT2D eigenvalue weighted by Crippen LogP contribution is 2.12. The second-order valence-electron chi connectivity index (χ2n) is 3.00. The van der Waals surface area contributed by atoms with Crippen LogP contribution in [0, 0.1) is 0 Å². The molecule has 0 saturated heterocycles. The second kappa shape index (κ2) is 6.38. The van der Waals surface area contributed by atoms with E-state index in [2.05, 4.69) is 20.4 Å². The fourth-order valence-electron chi connectivity index (χ4n) is 0.836. The fraction of sp³-hybridized carbons (Fsp3) is 0.111. The van der Waals surface area contributed by atoms with E-state index in [1.165, 1.54) is 11.3 Å². The van der Waals surface area contributed by atoms with Gasteiger partial charge in [0.2, 0.25) is 5.96 Å². The highest BCUT2D eigenvalue weighted by atomic mass is 32.1. The zero-order chi connectivity index (χ0) is 12.7. The molecule has 0 saturated carbocycles. The number of rotatable bonds is 4. The average Bonchev–Trinajstić information content (AvgIpc) is 2.65. The van der Waals surface area contributed by atoms with Gasteiger partial charge in [0.15, 0.2) is 0 Å². The summed E-state index contributed by atoms with van der Waals surface area (Å²) < 4.78 is 0. The van der Waals surface area contributed by atoms with Gasteiger partial charge >= 0.3 is 0 Å². The van der Waals surface area contributed by atoms with Crippen LogP contribution in [-0.2, 0) is 0 Å². The highest BCUT2D eigenvalue weighted by molar-refractivity contribution is 7.15. The fourth-order valence-corrected chi connectivity index (χ4v) is 1.58. The first-order chi connectivity index (χ1) is 8.08. The standard InChI is InChI=1S/C9H13N7S/c1-6(10)15-13-4-7-2-3-8(17-7)5-14-16-9(11)12/h2-5H,1H3,(H2,10,15)(H4,11,12,16)/b13-4+,14-5+. The molecule has 1 heterocycles. The van der Waals surface area contributed by atoms with Crippen LogP contribution in [0.2, 0.25) is 0 Å². The first-order valence-electron chi connectivity index (χ1n) is 4.63. The lowest BCUT2D eigenvalue weighted by molar-refractivity contribution is 1.22. The van der Waals surface area contributed by atoms with E-state index in [0.717, 1.165) is 9.75 Å². The molecule has 1 rings (SSSR count). The van der Waals surface area contributed by atoms with Gasteiger partial charge in [-0.05, 0) is 19.1 Å². The molecule has 17 heavy (non-hydrogen) atoms. The molecule has 0 radical (unpaired) electrons. The molecular weight excluding hydrogens is 238 g/mol. The molecule has 0 aliphatic rings. The zero-order valence-corrected chi connectivity index (χ0v) is 10.1. The third-order valence-electron chi connectivity index (χ3n) is 1.41. The van der Waals surface area contributed by atoms with Crippen molar-refractivity contribution in [1.82, 2.24) is 0 Å². The molecule has 0 spiro atoms. The smallest absolute Gasteiger partial charge is 0.211 e. The summed E-state index contributed by atoms with van der Waals surface area (Å²) >= 11 is 1.48. The quantitative estimate of drug-likeness (QED) is 0.398. The molecule has 0 aliphatic heterocycles. The molecule has 1 aromatic heterocycles. The third-order valence-corrected chi connectivity index (χ3v) is 2.36. The maximum Gasteiger partial charge on any atom is 0.211 e.